The van der Waals surface area contributed by atoms with Gasteiger partial charge in [-0.25, -0.2) is 13.2 Å². The van der Waals surface area contributed by atoms with E-state index in [1.165, 1.54) is 17.0 Å². The van der Waals surface area contributed by atoms with Crippen LogP contribution in [0.3, 0.4) is 0 Å². The highest BCUT2D eigenvalue weighted by Crippen LogP contribution is 2.23. The minimum absolute atomic E-state index is 0.00379. The number of carboxylic acids is 1. The summed E-state index contributed by atoms with van der Waals surface area (Å²) in [5.41, 5.74) is 0. The van der Waals surface area contributed by atoms with Crippen molar-refractivity contribution < 1.29 is 27.5 Å². The van der Waals surface area contributed by atoms with Crippen LogP contribution in [0.2, 0.25) is 0 Å². The molecule has 1 aliphatic rings. The second-order valence-corrected chi connectivity index (χ2v) is 7.98. The van der Waals surface area contributed by atoms with Gasteiger partial charge in [-0.3, -0.25) is 4.79 Å². The molecule has 1 atom stereocenters. The van der Waals surface area contributed by atoms with Crippen LogP contribution in [0.1, 0.15) is 17.0 Å². The number of hydrogen-bond acceptors (Lipinski definition) is 6. The first-order valence-electron chi connectivity index (χ1n) is 6.20. The third-order valence-electron chi connectivity index (χ3n) is 3.28. The third-order valence-corrected chi connectivity index (χ3v) is 5.93. The first-order valence-corrected chi connectivity index (χ1v) is 9.01. The molecule has 2 rings (SSSR count). The van der Waals surface area contributed by atoms with E-state index in [2.05, 4.69) is 0 Å². The average Bonchev–Trinajstić information content (AvgIpc) is 3.01. The van der Waals surface area contributed by atoms with Crippen LogP contribution in [0.25, 0.3) is 0 Å². The molecule has 1 amide bonds. The summed E-state index contributed by atoms with van der Waals surface area (Å²) in [5.74, 6) is -1.37. The fourth-order valence-corrected chi connectivity index (χ4v) is 4.59. The van der Waals surface area contributed by atoms with Crippen molar-refractivity contribution in [1.82, 2.24) is 4.90 Å². The molecule has 1 fully saturated rings. The Morgan fingerprint density at radius 2 is 2.19 bits per heavy atom. The maximum atomic E-state index is 12.0. The quantitative estimate of drug-likeness (QED) is 0.791. The van der Waals surface area contributed by atoms with E-state index in [1.54, 1.807) is 7.05 Å². The number of thioether (sulfide) groups is 1. The normalized spacial score (nSPS) is 20.3. The van der Waals surface area contributed by atoms with Crippen molar-refractivity contribution >= 4 is 33.5 Å². The summed E-state index contributed by atoms with van der Waals surface area (Å²) in [5, 5.41) is 9.06. The highest BCUT2D eigenvalue weighted by atomic mass is 32.2. The molecule has 1 aromatic rings. The van der Waals surface area contributed by atoms with Gasteiger partial charge in [0.25, 0.3) is 0 Å². The van der Waals surface area contributed by atoms with Gasteiger partial charge in [-0.15, -0.1) is 0 Å². The lowest BCUT2D eigenvalue weighted by molar-refractivity contribution is -0.128. The lowest BCUT2D eigenvalue weighted by Gasteiger charge is -2.22. The number of hydrogen-bond donors (Lipinski definition) is 1. The molecular weight excluding hydrogens is 318 g/mol. The number of rotatable bonds is 5. The summed E-state index contributed by atoms with van der Waals surface area (Å²) in [6.45, 7) is 0. The first-order chi connectivity index (χ1) is 9.78. The standard InChI is InChI=1S/C12H15NO6S2/c1-13(8-4-5-21(17,18)7-8)10(14)6-20-11-3-2-9(19-11)12(15)16/h2-3,8H,4-7H2,1H3,(H,15,16). The number of furan rings is 1. The van der Waals surface area contributed by atoms with Gasteiger partial charge in [-0.2, -0.15) is 0 Å². The summed E-state index contributed by atoms with van der Waals surface area (Å²) in [4.78, 5) is 24.1. The molecule has 7 nitrogen and oxygen atoms in total. The molecule has 1 saturated heterocycles. The van der Waals surface area contributed by atoms with Crippen LogP contribution in [-0.4, -0.2) is 60.6 Å². The predicted octanol–water partition coefficient (Wildman–Crippen LogP) is 0.715. The Balaban J connectivity index is 1.88. The zero-order chi connectivity index (χ0) is 15.6. The zero-order valence-corrected chi connectivity index (χ0v) is 12.9. The van der Waals surface area contributed by atoms with E-state index >= 15 is 0 Å². The van der Waals surface area contributed by atoms with Gasteiger partial charge < -0.3 is 14.4 Å². The minimum Gasteiger partial charge on any atom is -0.475 e. The maximum absolute atomic E-state index is 12.0. The molecule has 0 aromatic carbocycles. The molecule has 2 heterocycles. The van der Waals surface area contributed by atoms with Crippen molar-refractivity contribution in [2.75, 3.05) is 24.3 Å². The van der Waals surface area contributed by atoms with Crippen LogP contribution >= 0.6 is 11.8 Å². The number of amides is 1. The van der Waals surface area contributed by atoms with Crippen molar-refractivity contribution in [2.24, 2.45) is 0 Å². The smallest absolute Gasteiger partial charge is 0.371 e. The third kappa shape index (κ3) is 4.01. The molecule has 0 aliphatic carbocycles. The van der Waals surface area contributed by atoms with E-state index in [0.717, 1.165) is 11.8 Å². The molecule has 21 heavy (non-hydrogen) atoms. The molecule has 1 unspecified atom stereocenters. The van der Waals surface area contributed by atoms with Crippen molar-refractivity contribution in [1.29, 1.82) is 0 Å². The van der Waals surface area contributed by atoms with Gasteiger partial charge in [0.15, 0.2) is 14.9 Å². The maximum Gasteiger partial charge on any atom is 0.371 e. The summed E-state index contributed by atoms with van der Waals surface area (Å²) >= 11 is 1.08. The Hall–Kier alpha value is -1.48. The number of nitrogens with zero attached hydrogens (tertiary/aromatic N) is 1. The summed E-state index contributed by atoms with van der Waals surface area (Å²) in [7, 11) is -1.45. The molecular formula is C12H15NO6S2. The van der Waals surface area contributed by atoms with E-state index in [0.29, 0.717) is 11.5 Å². The SMILES string of the molecule is CN(C(=O)CSc1ccc(C(=O)O)o1)C1CCS(=O)(=O)C1. The number of carboxylic acid groups (broad SMARTS) is 1. The second-order valence-electron chi connectivity index (χ2n) is 4.77. The largest absolute Gasteiger partial charge is 0.475 e. The molecule has 1 aliphatic heterocycles. The van der Waals surface area contributed by atoms with Gasteiger partial charge in [0.05, 0.1) is 17.3 Å². The van der Waals surface area contributed by atoms with Crippen molar-refractivity contribution in [2.45, 2.75) is 17.6 Å². The van der Waals surface area contributed by atoms with E-state index in [-0.39, 0.29) is 35.0 Å². The Morgan fingerprint density at radius 1 is 1.48 bits per heavy atom. The van der Waals surface area contributed by atoms with Crippen molar-refractivity contribution in [3.05, 3.63) is 17.9 Å². The van der Waals surface area contributed by atoms with Crippen LogP contribution in [-0.2, 0) is 14.6 Å². The van der Waals surface area contributed by atoms with Gasteiger partial charge in [0, 0.05) is 13.1 Å². The fraction of sp³-hybridized carbons (Fsp3) is 0.500. The highest BCUT2D eigenvalue weighted by molar-refractivity contribution is 7.99. The van der Waals surface area contributed by atoms with Crippen LogP contribution in [0.15, 0.2) is 21.6 Å². The second kappa shape index (κ2) is 6.10. The number of carbonyl (C=O) groups is 2. The zero-order valence-electron chi connectivity index (χ0n) is 11.3. The molecule has 116 valence electrons. The van der Waals surface area contributed by atoms with Crippen molar-refractivity contribution in [3.8, 4) is 0 Å². The van der Waals surface area contributed by atoms with Gasteiger partial charge in [-0.1, -0.05) is 11.8 Å². The van der Waals surface area contributed by atoms with Crippen LogP contribution in [0.4, 0.5) is 0 Å². The monoisotopic (exact) mass is 333 g/mol. The topological polar surface area (TPSA) is 105 Å². The lowest BCUT2D eigenvalue weighted by atomic mass is 10.2. The number of aromatic carboxylic acids is 1. The molecule has 9 heteroatoms. The summed E-state index contributed by atoms with van der Waals surface area (Å²) in [6.07, 6.45) is 0.457. The average molecular weight is 333 g/mol. The summed E-state index contributed by atoms with van der Waals surface area (Å²) in [6, 6.07) is 2.53. The minimum atomic E-state index is -3.03. The van der Waals surface area contributed by atoms with E-state index in [4.69, 9.17) is 9.52 Å². The van der Waals surface area contributed by atoms with Crippen LogP contribution < -0.4 is 0 Å². The first kappa shape index (κ1) is 15.9. The Labute approximate surface area is 126 Å². The number of carbonyl (C=O) groups excluding carboxylic acids is 1. The molecule has 0 radical (unpaired) electrons. The Morgan fingerprint density at radius 3 is 2.71 bits per heavy atom. The Bertz CT molecular complexity index is 650. The summed E-state index contributed by atoms with van der Waals surface area (Å²) < 4.78 is 27.8. The Kier molecular flexibility index (Phi) is 4.62. The predicted molar refractivity (Wildman–Crippen MR) is 76.2 cm³/mol. The van der Waals surface area contributed by atoms with Gasteiger partial charge in [0.1, 0.15) is 0 Å². The molecule has 0 bridgehead atoms. The fourth-order valence-electron chi connectivity index (χ4n) is 2.03. The van der Waals surface area contributed by atoms with Gasteiger partial charge in [-0.05, 0) is 18.6 Å². The lowest BCUT2D eigenvalue weighted by Crippen LogP contribution is -2.38. The van der Waals surface area contributed by atoms with Gasteiger partial charge in [0.2, 0.25) is 11.7 Å². The molecule has 1 N–H and O–H groups in total. The van der Waals surface area contributed by atoms with E-state index in [9.17, 15) is 18.0 Å². The van der Waals surface area contributed by atoms with Gasteiger partial charge >= 0.3 is 5.97 Å². The van der Waals surface area contributed by atoms with Crippen molar-refractivity contribution in [3.63, 3.8) is 0 Å². The highest BCUT2D eigenvalue weighted by Gasteiger charge is 2.32. The van der Waals surface area contributed by atoms with Crippen LogP contribution in [0, 0.1) is 0 Å². The molecule has 1 aromatic heterocycles. The molecule has 0 saturated carbocycles. The van der Waals surface area contributed by atoms with E-state index in [1.807, 2.05) is 0 Å². The number of sulfone groups is 1. The molecule has 0 spiro atoms. The van der Waals surface area contributed by atoms with Crippen LogP contribution in [0.5, 0.6) is 0 Å². The van der Waals surface area contributed by atoms with E-state index < -0.39 is 15.8 Å².